The van der Waals surface area contributed by atoms with Crippen molar-refractivity contribution in [2.45, 2.75) is 6.92 Å². The van der Waals surface area contributed by atoms with Crippen LogP contribution in [-0.2, 0) is 4.74 Å². The summed E-state index contributed by atoms with van der Waals surface area (Å²) in [5, 5.41) is 10.6. The number of rotatable bonds is 3. The van der Waals surface area contributed by atoms with Gasteiger partial charge in [-0.15, -0.1) is 0 Å². The van der Waals surface area contributed by atoms with Crippen LogP contribution in [0.3, 0.4) is 0 Å². The molecule has 5 heteroatoms. The van der Waals surface area contributed by atoms with Gasteiger partial charge in [-0.1, -0.05) is 18.2 Å². The third-order valence-corrected chi connectivity index (χ3v) is 1.64. The number of aromatic carboxylic acids is 1. The average molecular weight is 200 g/mol. The SMILES string of the molecule is CCOC(=O)c1ccccc1C(=O)[O-].[Li+]. The van der Waals surface area contributed by atoms with Crippen LogP contribution in [0.25, 0.3) is 0 Å². The van der Waals surface area contributed by atoms with Crippen LogP contribution in [0.4, 0.5) is 0 Å². The van der Waals surface area contributed by atoms with Gasteiger partial charge in [0.2, 0.25) is 0 Å². The van der Waals surface area contributed by atoms with Crippen LogP contribution in [0.1, 0.15) is 27.6 Å². The number of benzene rings is 1. The second-order valence-electron chi connectivity index (χ2n) is 2.55. The molecule has 4 nitrogen and oxygen atoms in total. The minimum Gasteiger partial charge on any atom is -0.545 e. The molecule has 74 valence electrons. The molecule has 0 saturated carbocycles. The first-order valence-electron chi connectivity index (χ1n) is 4.14. The molecule has 0 atom stereocenters. The Morgan fingerprint density at radius 3 is 2.27 bits per heavy atom. The topological polar surface area (TPSA) is 66.4 Å². The first-order valence-corrected chi connectivity index (χ1v) is 4.14. The third-order valence-electron chi connectivity index (χ3n) is 1.64. The monoisotopic (exact) mass is 200 g/mol. The van der Waals surface area contributed by atoms with Crippen LogP contribution in [0.15, 0.2) is 24.3 Å². The average Bonchev–Trinajstić information content (AvgIpc) is 2.18. The van der Waals surface area contributed by atoms with E-state index in [1.54, 1.807) is 13.0 Å². The molecule has 1 rings (SSSR count). The number of carboxylic acids is 1. The van der Waals surface area contributed by atoms with E-state index in [2.05, 4.69) is 4.74 Å². The summed E-state index contributed by atoms with van der Waals surface area (Å²) in [5.41, 5.74) is -0.125. The maximum atomic E-state index is 11.3. The van der Waals surface area contributed by atoms with Crippen LogP contribution >= 0.6 is 0 Å². The van der Waals surface area contributed by atoms with Gasteiger partial charge in [0.15, 0.2) is 0 Å². The summed E-state index contributed by atoms with van der Waals surface area (Å²) in [7, 11) is 0. The Morgan fingerprint density at radius 2 is 1.80 bits per heavy atom. The van der Waals surface area contributed by atoms with Crippen molar-refractivity contribution in [2.75, 3.05) is 6.61 Å². The van der Waals surface area contributed by atoms with Crippen molar-refractivity contribution >= 4 is 11.9 Å². The third kappa shape index (κ3) is 3.43. The molecule has 1 aromatic carbocycles. The molecule has 0 aliphatic rings. The Morgan fingerprint density at radius 1 is 1.27 bits per heavy atom. The standard InChI is InChI=1S/C10H10O4.Li/c1-2-14-10(13)8-6-4-3-5-7(8)9(11)12;/h3-6H,2H2,1H3,(H,11,12);/q;+1/p-1. The van der Waals surface area contributed by atoms with Crippen molar-refractivity contribution in [3.05, 3.63) is 35.4 Å². The molecular formula is C10H9LiO4. The zero-order valence-electron chi connectivity index (χ0n) is 8.65. The predicted octanol–water partition coefficient (Wildman–Crippen LogP) is -2.77. The van der Waals surface area contributed by atoms with Gasteiger partial charge < -0.3 is 14.6 Å². The van der Waals surface area contributed by atoms with E-state index in [9.17, 15) is 14.7 Å². The van der Waals surface area contributed by atoms with Gasteiger partial charge in [-0.05, 0) is 13.0 Å². The molecule has 0 unspecified atom stereocenters. The van der Waals surface area contributed by atoms with E-state index in [0.717, 1.165) is 0 Å². The molecule has 0 N–H and O–H groups in total. The van der Waals surface area contributed by atoms with Crippen molar-refractivity contribution in [3.8, 4) is 0 Å². The molecule has 0 heterocycles. The molecule has 0 aliphatic carbocycles. The molecule has 1 aromatic rings. The van der Waals surface area contributed by atoms with E-state index in [-0.39, 0.29) is 36.6 Å². The van der Waals surface area contributed by atoms with E-state index in [1.165, 1.54) is 18.2 Å². The number of carboxylic acid groups (broad SMARTS) is 1. The molecule has 0 saturated heterocycles. The molecule has 0 fully saturated rings. The molecule has 0 bridgehead atoms. The minimum atomic E-state index is -1.38. The summed E-state index contributed by atoms with van der Waals surface area (Å²) in [5.74, 6) is -2.03. The quantitative estimate of drug-likeness (QED) is 0.391. The van der Waals surface area contributed by atoms with Crippen molar-refractivity contribution in [2.24, 2.45) is 0 Å². The van der Waals surface area contributed by atoms with Gasteiger partial charge in [0, 0.05) is 5.56 Å². The van der Waals surface area contributed by atoms with Gasteiger partial charge in [-0.25, -0.2) is 4.79 Å². The van der Waals surface area contributed by atoms with Crippen molar-refractivity contribution in [1.29, 1.82) is 0 Å². The molecule has 15 heavy (non-hydrogen) atoms. The summed E-state index contributed by atoms with van der Waals surface area (Å²) < 4.78 is 4.69. The van der Waals surface area contributed by atoms with Gasteiger partial charge in [0.1, 0.15) is 0 Å². The Labute approximate surface area is 99.4 Å². The van der Waals surface area contributed by atoms with Gasteiger partial charge in [0.05, 0.1) is 18.1 Å². The molecule has 0 aromatic heterocycles. The molecule has 0 spiro atoms. The summed E-state index contributed by atoms with van der Waals surface area (Å²) in [6, 6.07) is 5.79. The van der Waals surface area contributed by atoms with Crippen molar-refractivity contribution in [1.82, 2.24) is 0 Å². The van der Waals surface area contributed by atoms with E-state index in [0.29, 0.717) is 0 Å². The van der Waals surface area contributed by atoms with Crippen LogP contribution in [0, 0.1) is 0 Å². The maximum Gasteiger partial charge on any atom is 1.00 e. The second-order valence-corrected chi connectivity index (χ2v) is 2.55. The summed E-state index contributed by atoms with van der Waals surface area (Å²) in [6.45, 7) is 1.86. The summed E-state index contributed by atoms with van der Waals surface area (Å²) >= 11 is 0. The Hall–Kier alpha value is -1.24. The number of esters is 1. The maximum absolute atomic E-state index is 11.3. The first-order chi connectivity index (χ1) is 6.66. The molecule has 0 amide bonds. The zero-order valence-corrected chi connectivity index (χ0v) is 8.65. The normalized spacial score (nSPS) is 8.87. The predicted molar refractivity (Wildman–Crippen MR) is 46.7 cm³/mol. The summed E-state index contributed by atoms with van der Waals surface area (Å²) in [4.78, 5) is 21.9. The fourth-order valence-electron chi connectivity index (χ4n) is 1.05. The van der Waals surface area contributed by atoms with Gasteiger partial charge >= 0.3 is 24.8 Å². The fourth-order valence-corrected chi connectivity index (χ4v) is 1.05. The number of hydrogen-bond donors (Lipinski definition) is 0. The van der Waals surface area contributed by atoms with Gasteiger partial charge in [-0.3, -0.25) is 0 Å². The number of carbonyl (C=O) groups excluding carboxylic acids is 2. The summed E-state index contributed by atoms with van der Waals surface area (Å²) in [6.07, 6.45) is 0. The van der Waals surface area contributed by atoms with Crippen molar-refractivity contribution < 1.29 is 38.3 Å². The molecule has 0 aliphatic heterocycles. The fraction of sp³-hybridized carbons (Fsp3) is 0.200. The largest absolute Gasteiger partial charge is 1.00 e. The number of ether oxygens (including phenoxy) is 1. The Bertz CT molecular complexity index is 362. The van der Waals surface area contributed by atoms with Crippen LogP contribution < -0.4 is 24.0 Å². The minimum absolute atomic E-state index is 0. The second kappa shape index (κ2) is 6.28. The van der Waals surface area contributed by atoms with Crippen LogP contribution in [-0.4, -0.2) is 18.5 Å². The van der Waals surface area contributed by atoms with E-state index in [1.807, 2.05) is 0 Å². The van der Waals surface area contributed by atoms with E-state index >= 15 is 0 Å². The number of carbonyl (C=O) groups is 2. The van der Waals surface area contributed by atoms with E-state index in [4.69, 9.17) is 0 Å². The van der Waals surface area contributed by atoms with E-state index < -0.39 is 11.9 Å². The van der Waals surface area contributed by atoms with Crippen LogP contribution in [0.2, 0.25) is 0 Å². The van der Waals surface area contributed by atoms with Crippen LogP contribution in [0.5, 0.6) is 0 Å². The molecule has 0 radical (unpaired) electrons. The first kappa shape index (κ1) is 13.8. The number of hydrogen-bond acceptors (Lipinski definition) is 4. The Balaban J connectivity index is 0.00000196. The molecular weight excluding hydrogens is 191 g/mol. The van der Waals surface area contributed by atoms with Gasteiger partial charge in [-0.2, -0.15) is 0 Å². The smallest absolute Gasteiger partial charge is 0.545 e. The zero-order chi connectivity index (χ0) is 10.6. The Kier molecular flexibility index (Phi) is 5.76. The van der Waals surface area contributed by atoms with Gasteiger partial charge in [0.25, 0.3) is 0 Å². The van der Waals surface area contributed by atoms with Crippen molar-refractivity contribution in [3.63, 3.8) is 0 Å².